The fourth-order valence-corrected chi connectivity index (χ4v) is 5.27. The summed E-state index contributed by atoms with van der Waals surface area (Å²) in [6, 6.07) is 8.33. The molecule has 0 saturated heterocycles. The van der Waals surface area contributed by atoms with Crippen molar-refractivity contribution in [3.63, 3.8) is 0 Å². The number of aryl methyl sites for hydroxylation is 2. The quantitative estimate of drug-likeness (QED) is 0.466. The first-order chi connectivity index (χ1) is 14.5. The Morgan fingerprint density at radius 1 is 1.10 bits per heavy atom. The van der Waals surface area contributed by atoms with E-state index in [4.69, 9.17) is 20.8 Å². The van der Waals surface area contributed by atoms with Gasteiger partial charge in [0, 0.05) is 16.6 Å². The minimum absolute atomic E-state index is 0.211. The third kappa shape index (κ3) is 3.01. The van der Waals surface area contributed by atoms with E-state index in [0.717, 1.165) is 47.8 Å². The lowest BCUT2D eigenvalue weighted by Gasteiger charge is -2.34. The summed E-state index contributed by atoms with van der Waals surface area (Å²) < 4.78 is 12.0. The van der Waals surface area contributed by atoms with Gasteiger partial charge in [0.15, 0.2) is 6.73 Å². The van der Waals surface area contributed by atoms with Crippen molar-refractivity contribution in [3.05, 3.63) is 67.5 Å². The van der Waals surface area contributed by atoms with E-state index in [1.54, 1.807) is 0 Å². The maximum Gasteiger partial charge on any atom is 0.339 e. The maximum absolute atomic E-state index is 12.7. The monoisotopic (exact) mass is 423 g/mol. The van der Waals surface area contributed by atoms with E-state index in [0.29, 0.717) is 35.5 Å². The smallest absolute Gasteiger partial charge is 0.339 e. The molecule has 156 valence electrons. The van der Waals surface area contributed by atoms with Gasteiger partial charge in [-0.25, -0.2) is 4.79 Å². The number of ether oxygens (including phenoxy) is 1. The lowest BCUT2D eigenvalue weighted by molar-refractivity contribution is 0.288. The molecule has 0 bridgehead atoms. The highest BCUT2D eigenvalue weighted by Gasteiger charge is 2.29. The first kappa shape index (κ1) is 19.5. The Kier molecular flexibility index (Phi) is 4.78. The SMILES string of the molecule is Cc1cccc(C(C)C)c1N1COc2c(Cl)cc3c4c(c(=O)oc3c2C1)CCCC4. The Morgan fingerprint density at radius 2 is 1.87 bits per heavy atom. The summed E-state index contributed by atoms with van der Waals surface area (Å²) in [5, 5.41) is 1.56. The van der Waals surface area contributed by atoms with E-state index in [-0.39, 0.29) is 5.63 Å². The molecule has 2 heterocycles. The Labute approximate surface area is 181 Å². The number of fused-ring (bicyclic) bond motifs is 5. The summed E-state index contributed by atoms with van der Waals surface area (Å²) in [5.74, 6) is 1.03. The molecule has 0 amide bonds. The van der Waals surface area contributed by atoms with Gasteiger partial charge in [-0.3, -0.25) is 0 Å². The van der Waals surface area contributed by atoms with Gasteiger partial charge in [0.05, 0.1) is 17.1 Å². The van der Waals surface area contributed by atoms with Gasteiger partial charge in [-0.2, -0.15) is 0 Å². The lowest BCUT2D eigenvalue weighted by Crippen LogP contribution is -2.33. The number of hydrogen-bond acceptors (Lipinski definition) is 4. The van der Waals surface area contributed by atoms with Crippen LogP contribution in [0.1, 0.15) is 60.4 Å². The fraction of sp³-hybridized carbons (Fsp3) is 0.400. The molecule has 2 aliphatic rings. The van der Waals surface area contributed by atoms with E-state index >= 15 is 0 Å². The number of anilines is 1. The lowest BCUT2D eigenvalue weighted by atomic mass is 9.89. The molecule has 1 aliphatic carbocycles. The predicted molar refractivity (Wildman–Crippen MR) is 121 cm³/mol. The Morgan fingerprint density at radius 3 is 2.63 bits per heavy atom. The zero-order valence-electron chi connectivity index (χ0n) is 17.7. The van der Waals surface area contributed by atoms with Crippen LogP contribution in [0.3, 0.4) is 0 Å². The molecule has 2 aromatic carbocycles. The molecule has 5 rings (SSSR count). The number of nitrogens with zero attached hydrogens (tertiary/aromatic N) is 1. The third-order valence-corrected chi connectivity index (χ3v) is 6.72. The van der Waals surface area contributed by atoms with Gasteiger partial charge in [0.25, 0.3) is 0 Å². The molecule has 0 fully saturated rings. The Balaban J connectivity index is 1.70. The van der Waals surface area contributed by atoms with E-state index in [1.165, 1.54) is 16.8 Å². The first-order valence-electron chi connectivity index (χ1n) is 10.7. The normalized spacial score (nSPS) is 15.8. The van der Waals surface area contributed by atoms with Crippen LogP contribution in [-0.4, -0.2) is 6.73 Å². The van der Waals surface area contributed by atoms with E-state index in [2.05, 4.69) is 43.9 Å². The molecule has 1 aliphatic heterocycles. The second-order valence-corrected chi connectivity index (χ2v) is 9.14. The van der Waals surface area contributed by atoms with Crippen LogP contribution in [0.5, 0.6) is 5.75 Å². The van der Waals surface area contributed by atoms with Gasteiger partial charge >= 0.3 is 5.63 Å². The van der Waals surface area contributed by atoms with Crippen LogP contribution in [0.25, 0.3) is 11.0 Å². The molecule has 0 spiro atoms. The maximum atomic E-state index is 12.7. The summed E-state index contributed by atoms with van der Waals surface area (Å²) in [5.41, 5.74) is 6.89. The molecule has 0 N–H and O–H groups in total. The van der Waals surface area contributed by atoms with Crippen molar-refractivity contribution >= 4 is 28.3 Å². The summed E-state index contributed by atoms with van der Waals surface area (Å²) in [4.78, 5) is 15.0. The number of benzene rings is 2. The zero-order valence-corrected chi connectivity index (χ0v) is 18.4. The third-order valence-electron chi connectivity index (χ3n) is 6.44. The Hall–Kier alpha value is -2.46. The molecule has 3 aromatic rings. The molecule has 1 aromatic heterocycles. The molecule has 0 saturated carbocycles. The highest BCUT2D eigenvalue weighted by atomic mass is 35.5. The van der Waals surface area contributed by atoms with Gasteiger partial charge < -0.3 is 14.1 Å². The topological polar surface area (TPSA) is 42.7 Å². The van der Waals surface area contributed by atoms with Crippen molar-refractivity contribution in [3.8, 4) is 5.75 Å². The number of rotatable bonds is 2. The van der Waals surface area contributed by atoms with Crippen LogP contribution in [-0.2, 0) is 19.4 Å². The molecule has 5 heteroatoms. The van der Waals surface area contributed by atoms with Crippen molar-refractivity contribution < 1.29 is 9.15 Å². The van der Waals surface area contributed by atoms with Crippen LogP contribution < -0.4 is 15.3 Å². The summed E-state index contributed by atoms with van der Waals surface area (Å²) in [6.07, 6.45) is 3.80. The number of para-hydroxylation sites is 1. The van der Waals surface area contributed by atoms with Crippen LogP contribution in [0.4, 0.5) is 5.69 Å². The van der Waals surface area contributed by atoms with Crippen molar-refractivity contribution in [2.24, 2.45) is 0 Å². The fourth-order valence-electron chi connectivity index (χ4n) is 4.99. The van der Waals surface area contributed by atoms with E-state index in [1.807, 2.05) is 6.07 Å². The van der Waals surface area contributed by atoms with Crippen molar-refractivity contribution in [2.75, 3.05) is 11.6 Å². The standard InChI is InChI=1S/C25H26ClNO3/c1-14(2)16-10-6-7-15(3)22(16)27-12-20-23-19(11-21(26)24(20)29-13-27)17-8-4-5-9-18(17)25(28)30-23/h6-7,10-11,14H,4-5,8-9,12-13H2,1-3H3. The van der Waals surface area contributed by atoms with E-state index in [9.17, 15) is 4.79 Å². The van der Waals surface area contributed by atoms with Crippen molar-refractivity contribution in [2.45, 2.75) is 58.9 Å². The van der Waals surface area contributed by atoms with Crippen LogP contribution >= 0.6 is 11.6 Å². The molecule has 0 radical (unpaired) electrons. The van der Waals surface area contributed by atoms with Gasteiger partial charge in [-0.15, -0.1) is 0 Å². The number of halogens is 1. The van der Waals surface area contributed by atoms with E-state index < -0.39 is 0 Å². The van der Waals surface area contributed by atoms with Crippen LogP contribution in [0, 0.1) is 6.92 Å². The molecular weight excluding hydrogens is 398 g/mol. The summed E-state index contributed by atoms with van der Waals surface area (Å²) in [6.45, 7) is 7.54. The highest BCUT2D eigenvalue weighted by Crippen LogP contribution is 2.43. The molecule has 4 nitrogen and oxygen atoms in total. The largest absolute Gasteiger partial charge is 0.471 e. The van der Waals surface area contributed by atoms with Gasteiger partial charge in [-0.1, -0.05) is 43.6 Å². The van der Waals surface area contributed by atoms with Crippen molar-refractivity contribution in [1.82, 2.24) is 0 Å². The first-order valence-corrected chi connectivity index (χ1v) is 11.1. The average molecular weight is 424 g/mol. The molecule has 30 heavy (non-hydrogen) atoms. The average Bonchev–Trinajstić information content (AvgIpc) is 2.74. The second kappa shape index (κ2) is 7.35. The molecule has 0 atom stereocenters. The minimum Gasteiger partial charge on any atom is -0.471 e. The Bertz CT molecular complexity index is 1210. The van der Waals surface area contributed by atoms with Crippen LogP contribution in [0.15, 0.2) is 33.5 Å². The predicted octanol–water partition coefficient (Wildman–Crippen LogP) is 6.11. The summed E-state index contributed by atoms with van der Waals surface area (Å²) >= 11 is 6.65. The second-order valence-electron chi connectivity index (χ2n) is 8.74. The van der Waals surface area contributed by atoms with Gasteiger partial charge in [-0.05, 0) is 61.3 Å². The van der Waals surface area contributed by atoms with Gasteiger partial charge in [0.2, 0.25) is 0 Å². The number of hydrogen-bond donors (Lipinski definition) is 0. The summed E-state index contributed by atoms with van der Waals surface area (Å²) in [7, 11) is 0. The highest BCUT2D eigenvalue weighted by molar-refractivity contribution is 6.33. The van der Waals surface area contributed by atoms with Crippen molar-refractivity contribution in [1.29, 1.82) is 0 Å². The zero-order chi connectivity index (χ0) is 21.0. The van der Waals surface area contributed by atoms with Gasteiger partial charge in [0.1, 0.15) is 11.3 Å². The minimum atomic E-state index is -0.211. The molecule has 0 unspecified atom stereocenters. The molecular formula is C25H26ClNO3. The van der Waals surface area contributed by atoms with Crippen LogP contribution in [0.2, 0.25) is 5.02 Å².